The molecule has 0 spiro atoms. The largest absolute Gasteiger partial charge is 0.497 e. The van der Waals surface area contributed by atoms with Crippen molar-refractivity contribution in [3.63, 3.8) is 0 Å². The van der Waals surface area contributed by atoms with Gasteiger partial charge in [0.25, 0.3) is 5.91 Å². The number of hydrogen-bond donors (Lipinski definition) is 0. The molecule has 8 nitrogen and oxygen atoms in total. The van der Waals surface area contributed by atoms with Gasteiger partial charge in [0.15, 0.2) is 12.2 Å². The molecule has 0 saturated carbocycles. The molecule has 3 aliphatic heterocycles. The molecule has 0 bridgehead atoms. The minimum atomic E-state index is -0.496. The number of methoxy groups -OCH3 is 1. The second-order valence-electron chi connectivity index (χ2n) is 7.95. The van der Waals surface area contributed by atoms with Gasteiger partial charge in [-0.15, -0.1) is 0 Å². The number of benzene rings is 2. The summed E-state index contributed by atoms with van der Waals surface area (Å²) in [5, 5.41) is 0. The van der Waals surface area contributed by atoms with Crippen molar-refractivity contribution in [2.75, 3.05) is 38.7 Å². The van der Waals surface area contributed by atoms with E-state index in [4.69, 9.17) is 9.73 Å². The van der Waals surface area contributed by atoms with Gasteiger partial charge in [-0.05, 0) is 36.2 Å². The van der Waals surface area contributed by atoms with Gasteiger partial charge in [-0.25, -0.2) is 9.79 Å². The molecule has 0 aromatic heterocycles. The topological polar surface area (TPSA) is 68.7 Å². The van der Waals surface area contributed by atoms with Gasteiger partial charge in [0, 0.05) is 32.4 Å². The van der Waals surface area contributed by atoms with Crippen LogP contribution in [0.5, 0.6) is 5.75 Å². The highest BCUT2D eigenvalue weighted by molar-refractivity contribution is 6.08. The summed E-state index contributed by atoms with van der Waals surface area (Å²) in [5.74, 6) is 1.37. The van der Waals surface area contributed by atoms with Crippen LogP contribution in [-0.2, 0) is 11.2 Å². The first-order valence-corrected chi connectivity index (χ1v) is 10.5. The molecule has 3 aliphatic rings. The van der Waals surface area contributed by atoms with Gasteiger partial charge < -0.3 is 19.4 Å². The molecule has 2 aromatic carbocycles. The molecule has 5 rings (SSSR count). The average molecular weight is 419 g/mol. The molecule has 2 atom stereocenters. The third-order valence-electron chi connectivity index (χ3n) is 6.23. The Balaban J connectivity index is 1.37. The van der Waals surface area contributed by atoms with Gasteiger partial charge >= 0.3 is 6.03 Å². The van der Waals surface area contributed by atoms with Crippen LogP contribution >= 0.6 is 0 Å². The fraction of sp³-hybridized carbons (Fsp3) is 0.348. The van der Waals surface area contributed by atoms with E-state index in [1.807, 2.05) is 59.5 Å². The van der Waals surface area contributed by atoms with Crippen LogP contribution in [0.4, 0.5) is 10.5 Å². The first-order chi connectivity index (χ1) is 15.1. The fourth-order valence-corrected chi connectivity index (χ4v) is 4.53. The lowest BCUT2D eigenvalue weighted by Crippen LogP contribution is -2.65. The van der Waals surface area contributed by atoms with E-state index >= 15 is 0 Å². The number of ether oxygens (including phenoxy) is 1. The van der Waals surface area contributed by atoms with Crippen LogP contribution in [0, 0.1) is 0 Å². The van der Waals surface area contributed by atoms with Crippen LogP contribution in [0.3, 0.4) is 0 Å². The molecular weight excluding hydrogens is 394 g/mol. The van der Waals surface area contributed by atoms with Crippen molar-refractivity contribution in [3.05, 3.63) is 60.2 Å². The van der Waals surface area contributed by atoms with Crippen molar-refractivity contribution in [3.8, 4) is 5.75 Å². The number of amides is 3. The number of hydrogen-bond acceptors (Lipinski definition) is 6. The number of anilines is 1. The van der Waals surface area contributed by atoms with E-state index in [0.717, 1.165) is 29.5 Å². The second-order valence-corrected chi connectivity index (χ2v) is 7.95. The van der Waals surface area contributed by atoms with Crippen LogP contribution in [0.15, 0.2) is 59.6 Å². The van der Waals surface area contributed by atoms with Crippen LogP contribution in [0.1, 0.15) is 5.56 Å². The Morgan fingerprint density at radius 1 is 1.03 bits per heavy atom. The van der Waals surface area contributed by atoms with E-state index in [9.17, 15) is 9.59 Å². The summed E-state index contributed by atoms with van der Waals surface area (Å²) in [4.78, 5) is 38.2. The summed E-state index contributed by atoms with van der Waals surface area (Å²) >= 11 is 0. The van der Waals surface area contributed by atoms with E-state index in [1.54, 1.807) is 19.1 Å². The first kappa shape index (κ1) is 19.4. The Labute approximate surface area is 181 Å². The Morgan fingerprint density at radius 3 is 2.48 bits per heavy atom. The molecule has 0 aliphatic carbocycles. The highest BCUT2D eigenvalue weighted by Crippen LogP contribution is 2.33. The van der Waals surface area contributed by atoms with Gasteiger partial charge in [-0.1, -0.05) is 30.3 Å². The quantitative estimate of drug-likeness (QED) is 0.742. The lowest BCUT2D eigenvalue weighted by atomic mass is 10.1. The summed E-state index contributed by atoms with van der Waals surface area (Å²) in [5.41, 5.74) is 2.09. The number of nitrogens with zero attached hydrogens (tertiary/aromatic N) is 5. The first-order valence-electron chi connectivity index (χ1n) is 10.5. The summed E-state index contributed by atoms with van der Waals surface area (Å²) in [7, 11) is 3.37. The van der Waals surface area contributed by atoms with Crippen molar-refractivity contribution in [2.24, 2.45) is 4.99 Å². The maximum absolute atomic E-state index is 13.4. The summed E-state index contributed by atoms with van der Waals surface area (Å²) in [6.07, 6.45) is 0.138. The van der Waals surface area contributed by atoms with Gasteiger partial charge in [-0.3, -0.25) is 9.69 Å². The van der Waals surface area contributed by atoms with E-state index in [-0.39, 0.29) is 11.9 Å². The minimum Gasteiger partial charge on any atom is -0.497 e. The van der Waals surface area contributed by atoms with E-state index in [0.29, 0.717) is 19.5 Å². The number of rotatable bonds is 5. The Hall–Kier alpha value is -3.55. The second kappa shape index (κ2) is 7.61. The smallest absolute Gasteiger partial charge is 0.328 e. The summed E-state index contributed by atoms with van der Waals surface area (Å²) in [6, 6.07) is 16.9. The number of urea groups is 1. The lowest BCUT2D eigenvalue weighted by molar-refractivity contribution is -0.137. The number of carbonyl (C=O) groups excluding carboxylic acids is 2. The van der Waals surface area contributed by atoms with Crippen LogP contribution < -0.4 is 9.64 Å². The van der Waals surface area contributed by atoms with Crippen LogP contribution in [0.2, 0.25) is 0 Å². The Kier molecular flexibility index (Phi) is 4.77. The number of likely N-dealkylation sites (N-methyl/N-ethyl adjacent to an activating group) is 1. The third kappa shape index (κ3) is 3.19. The third-order valence-corrected chi connectivity index (χ3v) is 6.23. The molecule has 31 heavy (non-hydrogen) atoms. The van der Waals surface area contributed by atoms with Crippen molar-refractivity contribution >= 4 is 23.6 Å². The van der Waals surface area contributed by atoms with E-state index < -0.39 is 12.2 Å². The Morgan fingerprint density at radius 2 is 1.77 bits per heavy atom. The van der Waals surface area contributed by atoms with E-state index in [2.05, 4.69) is 4.90 Å². The van der Waals surface area contributed by atoms with Crippen molar-refractivity contribution in [1.82, 2.24) is 14.7 Å². The van der Waals surface area contributed by atoms with Crippen molar-refractivity contribution in [2.45, 2.75) is 18.6 Å². The van der Waals surface area contributed by atoms with Crippen molar-refractivity contribution in [1.29, 1.82) is 0 Å². The monoisotopic (exact) mass is 419 g/mol. The molecule has 3 heterocycles. The molecule has 8 heteroatoms. The molecule has 2 aromatic rings. The number of fused-ring (bicyclic) bond motifs is 3. The predicted octanol–water partition coefficient (Wildman–Crippen LogP) is 2.02. The molecule has 160 valence electrons. The maximum atomic E-state index is 13.4. The summed E-state index contributed by atoms with van der Waals surface area (Å²) < 4.78 is 5.25. The molecular formula is C23H25N5O3. The minimum absolute atomic E-state index is 0.167. The molecule has 0 radical (unpaired) electrons. The zero-order valence-corrected chi connectivity index (χ0v) is 17.6. The Bertz CT molecular complexity index is 1020. The normalized spacial score (nSPS) is 22.6. The van der Waals surface area contributed by atoms with Gasteiger partial charge in [0.05, 0.1) is 7.11 Å². The van der Waals surface area contributed by atoms with Crippen LogP contribution in [0.25, 0.3) is 0 Å². The zero-order chi connectivity index (χ0) is 21.5. The molecule has 0 N–H and O–H groups in total. The SMILES string of the molecule is COc1ccc(N2CCN3C2=NC2C3C(=O)N(CCc3ccccc3)C(=O)N2C)cc1. The highest BCUT2D eigenvalue weighted by atomic mass is 16.5. The number of imide groups is 1. The predicted molar refractivity (Wildman–Crippen MR) is 117 cm³/mol. The zero-order valence-electron chi connectivity index (χ0n) is 17.6. The van der Waals surface area contributed by atoms with Crippen molar-refractivity contribution < 1.29 is 14.3 Å². The van der Waals surface area contributed by atoms with Gasteiger partial charge in [-0.2, -0.15) is 0 Å². The summed E-state index contributed by atoms with van der Waals surface area (Å²) in [6.45, 7) is 1.79. The number of carbonyl (C=O) groups is 2. The molecule has 3 amide bonds. The van der Waals surface area contributed by atoms with Gasteiger partial charge in [0.1, 0.15) is 5.75 Å². The molecule has 2 saturated heterocycles. The standard InChI is InChI=1S/C23H25N5O3/c1-25-20-19(21(29)28(23(25)30)13-12-16-6-4-3-5-7-16)27-15-14-26(22(27)24-20)17-8-10-18(31-2)11-9-17/h3-11,19-20H,12-15H2,1-2H3. The van der Waals surface area contributed by atoms with E-state index in [1.165, 1.54) is 4.90 Å². The average Bonchev–Trinajstić information content (AvgIpc) is 3.38. The van der Waals surface area contributed by atoms with Crippen LogP contribution in [-0.4, -0.2) is 78.6 Å². The fourth-order valence-electron chi connectivity index (χ4n) is 4.53. The molecule has 2 unspecified atom stereocenters. The lowest BCUT2D eigenvalue weighted by Gasteiger charge is -2.40. The number of guanidine groups is 1. The number of aliphatic imine (C=N–C) groups is 1. The highest BCUT2D eigenvalue weighted by Gasteiger charge is 2.54. The van der Waals surface area contributed by atoms with Gasteiger partial charge in [0.2, 0.25) is 5.96 Å². The molecule has 2 fully saturated rings. The maximum Gasteiger partial charge on any atom is 0.328 e.